The molecule has 1 atom stereocenters. The Morgan fingerprint density at radius 2 is 2.00 bits per heavy atom. The van der Waals surface area contributed by atoms with Crippen molar-refractivity contribution in [2.75, 3.05) is 43.9 Å². The van der Waals surface area contributed by atoms with Crippen molar-refractivity contribution in [2.24, 2.45) is 0 Å². The van der Waals surface area contributed by atoms with Crippen LogP contribution in [0.25, 0.3) is 0 Å². The highest BCUT2D eigenvalue weighted by Crippen LogP contribution is 2.25. The Balaban J connectivity index is 1.66. The Morgan fingerprint density at radius 1 is 1.21 bits per heavy atom. The van der Waals surface area contributed by atoms with Gasteiger partial charge < -0.3 is 25.2 Å². The number of aryl methyl sites for hydroxylation is 1. The van der Waals surface area contributed by atoms with Gasteiger partial charge >= 0.3 is 0 Å². The van der Waals surface area contributed by atoms with E-state index in [1.165, 1.54) is 12.8 Å². The number of likely N-dealkylation sites (tertiary alicyclic amines) is 1. The molecule has 0 spiro atoms. The summed E-state index contributed by atoms with van der Waals surface area (Å²) in [5, 5.41) is 16.6. The van der Waals surface area contributed by atoms with Crippen LogP contribution in [0, 0.1) is 6.92 Å². The van der Waals surface area contributed by atoms with Crippen molar-refractivity contribution in [3.63, 3.8) is 0 Å². The monoisotopic (exact) mass is 401 g/mol. The maximum atomic E-state index is 10.2. The van der Waals surface area contributed by atoms with Crippen LogP contribution in [0.4, 0.5) is 17.5 Å². The molecule has 0 radical (unpaired) electrons. The predicted molar refractivity (Wildman–Crippen MR) is 114 cm³/mol. The lowest BCUT2D eigenvalue weighted by molar-refractivity contribution is -0.119. The second-order valence-corrected chi connectivity index (χ2v) is 7.17. The van der Waals surface area contributed by atoms with Crippen LogP contribution in [-0.4, -0.2) is 59.6 Å². The molecule has 158 valence electrons. The van der Waals surface area contributed by atoms with Gasteiger partial charge in [-0.1, -0.05) is 0 Å². The molecule has 0 amide bonds. The van der Waals surface area contributed by atoms with E-state index in [4.69, 9.17) is 9.47 Å². The first-order valence-corrected chi connectivity index (χ1v) is 10.1. The molecule has 1 fully saturated rings. The van der Waals surface area contributed by atoms with Crippen LogP contribution in [0.1, 0.15) is 31.0 Å². The first-order chi connectivity index (χ1) is 14.1. The van der Waals surface area contributed by atoms with Gasteiger partial charge in [0.25, 0.3) is 0 Å². The minimum absolute atomic E-state index is 0.255. The summed E-state index contributed by atoms with van der Waals surface area (Å²) in [6.07, 6.45) is 1.55. The van der Waals surface area contributed by atoms with E-state index in [-0.39, 0.29) is 6.61 Å². The molecule has 0 bridgehead atoms. The summed E-state index contributed by atoms with van der Waals surface area (Å²) in [6.45, 7) is 7.58. The van der Waals surface area contributed by atoms with Gasteiger partial charge in [0.05, 0.1) is 13.7 Å². The SMILES string of the molecule is CCNc1cc(C)nc(Nc2ccc(OC)c(CO[C@H](O)CN3CCCC3)c2)n1. The zero-order chi connectivity index (χ0) is 20.6. The zero-order valence-corrected chi connectivity index (χ0v) is 17.4. The van der Waals surface area contributed by atoms with Gasteiger partial charge in [-0.3, -0.25) is 4.90 Å². The third kappa shape index (κ3) is 6.28. The molecule has 8 heteroatoms. The normalized spacial score (nSPS) is 15.3. The van der Waals surface area contributed by atoms with Crippen molar-refractivity contribution < 1.29 is 14.6 Å². The molecule has 1 aromatic carbocycles. The molecule has 8 nitrogen and oxygen atoms in total. The van der Waals surface area contributed by atoms with Gasteiger partial charge in [-0.15, -0.1) is 0 Å². The maximum Gasteiger partial charge on any atom is 0.229 e. The molecule has 1 aromatic heterocycles. The summed E-state index contributed by atoms with van der Waals surface area (Å²) >= 11 is 0. The Morgan fingerprint density at radius 3 is 2.72 bits per heavy atom. The summed E-state index contributed by atoms with van der Waals surface area (Å²) < 4.78 is 11.1. The van der Waals surface area contributed by atoms with Gasteiger partial charge in [0.2, 0.25) is 5.95 Å². The van der Waals surface area contributed by atoms with Crippen LogP contribution in [0.2, 0.25) is 0 Å². The fourth-order valence-electron chi connectivity index (χ4n) is 3.42. The molecule has 0 unspecified atom stereocenters. The van der Waals surface area contributed by atoms with E-state index in [1.54, 1.807) is 7.11 Å². The number of rotatable bonds is 10. The lowest BCUT2D eigenvalue weighted by Crippen LogP contribution is -2.31. The number of hydrogen-bond acceptors (Lipinski definition) is 8. The van der Waals surface area contributed by atoms with Gasteiger partial charge in [-0.25, -0.2) is 4.98 Å². The third-order valence-corrected chi connectivity index (χ3v) is 4.79. The molecule has 1 aliphatic heterocycles. The highest BCUT2D eigenvalue weighted by molar-refractivity contribution is 5.58. The predicted octanol–water partition coefficient (Wildman–Crippen LogP) is 2.90. The van der Waals surface area contributed by atoms with Crippen LogP contribution < -0.4 is 15.4 Å². The topological polar surface area (TPSA) is 91.8 Å². The molecule has 3 rings (SSSR count). The van der Waals surface area contributed by atoms with E-state index in [0.29, 0.717) is 18.2 Å². The quantitative estimate of drug-likeness (QED) is 0.524. The second-order valence-electron chi connectivity index (χ2n) is 7.17. The number of β-amino-alcohol motifs (C(OH)–C–C–N with tert-alkyl or cyclic N) is 1. The highest BCUT2D eigenvalue weighted by Gasteiger charge is 2.17. The standard InChI is InChI=1S/C21H31N5O3/c1-4-22-19-11-15(2)23-21(25-19)24-17-7-8-18(28-3)16(12-17)14-29-20(27)13-26-9-5-6-10-26/h7-8,11-12,20,27H,4-6,9-10,13-14H2,1-3H3,(H2,22,23,24,25)/t20-/m0/s1. The van der Waals surface area contributed by atoms with Crippen LogP contribution >= 0.6 is 0 Å². The van der Waals surface area contributed by atoms with Gasteiger partial charge in [0.15, 0.2) is 6.29 Å². The van der Waals surface area contributed by atoms with Crippen molar-refractivity contribution in [1.29, 1.82) is 0 Å². The van der Waals surface area contributed by atoms with E-state index >= 15 is 0 Å². The van der Waals surface area contributed by atoms with E-state index in [1.807, 2.05) is 38.1 Å². The van der Waals surface area contributed by atoms with Crippen molar-refractivity contribution in [1.82, 2.24) is 14.9 Å². The van der Waals surface area contributed by atoms with Crippen LogP contribution in [0.3, 0.4) is 0 Å². The largest absolute Gasteiger partial charge is 0.496 e. The Kier molecular flexibility index (Phi) is 7.62. The molecule has 1 saturated heterocycles. The van der Waals surface area contributed by atoms with E-state index < -0.39 is 6.29 Å². The van der Waals surface area contributed by atoms with E-state index in [0.717, 1.165) is 42.4 Å². The molecule has 2 aromatic rings. The molecule has 29 heavy (non-hydrogen) atoms. The average Bonchev–Trinajstić information content (AvgIpc) is 3.19. The molecule has 0 saturated carbocycles. The number of nitrogens with zero attached hydrogens (tertiary/aromatic N) is 3. The zero-order valence-electron chi connectivity index (χ0n) is 17.4. The molecule has 2 heterocycles. The Bertz CT molecular complexity index is 796. The minimum Gasteiger partial charge on any atom is -0.496 e. The number of aromatic nitrogens is 2. The minimum atomic E-state index is -0.822. The van der Waals surface area contributed by atoms with Gasteiger partial charge in [-0.2, -0.15) is 4.98 Å². The maximum absolute atomic E-state index is 10.2. The van der Waals surface area contributed by atoms with Crippen LogP contribution in [0.15, 0.2) is 24.3 Å². The number of aliphatic hydroxyl groups is 1. The first-order valence-electron chi connectivity index (χ1n) is 10.1. The number of nitrogens with one attached hydrogen (secondary N) is 2. The molecule has 3 N–H and O–H groups in total. The second kappa shape index (κ2) is 10.4. The molecular formula is C21H31N5O3. The smallest absolute Gasteiger partial charge is 0.229 e. The van der Waals surface area contributed by atoms with Crippen molar-refractivity contribution in [3.05, 3.63) is 35.5 Å². The molecule has 1 aliphatic rings. The summed E-state index contributed by atoms with van der Waals surface area (Å²) in [6, 6.07) is 7.61. The number of methoxy groups -OCH3 is 1. The third-order valence-electron chi connectivity index (χ3n) is 4.79. The van der Waals surface area contributed by atoms with E-state index in [9.17, 15) is 5.11 Å². The highest BCUT2D eigenvalue weighted by atomic mass is 16.6. The molecular weight excluding hydrogens is 370 g/mol. The van der Waals surface area contributed by atoms with Crippen molar-refractivity contribution >= 4 is 17.5 Å². The van der Waals surface area contributed by atoms with Crippen LogP contribution in [0.5, 0.6) is 5.75 Å². The summed E-state index contributed by atoms with van der Waals surface area (Å²) in [5.41, 5.74) is 2.55. The average molecular weight is 402 g/mol. The molecule has 0 aliphatic carbocycles. The Labute approximate surface area is 172 Å². The number of benzene rings is 1. The van der Waals surface area contributed by atoms with Crippen molar-refractivity contribution in [2.45, 2.75) is 39.6 Å². The summed E-state index contributed by atoms with van der Waals surface area (Å²) in [4.78, 5) is 11.1. The number of ether oxygens (including phenoxy) is 2. The summed E-state index contributed by atoms with van der Waals surface area (Å²) in [7, 11) is 1.62. The summed E-state index contributed by atoms with van der Waals surface area (Å²) in [5.74, 6) is 2.01. The fourth-order valence-corrected chi connectivity index (χ4v) is 3.42. The lowest BCUT2D eigenvalue weighted by Gasteiger charge is -2.20. The van der Waals surface area contributed by atoms with Gasteiger partial charge in [0.1, 0.15) is 11.6 Å². The number of anilines is 3. The number of hydrogen-bond donors (Lipinski definition) is 3. The van der Waals surface area contributed by atoms with Gasteiger partial charge in [0, 0.05) is 36.1 Å². The first kappa shape index (κ1) is 21.3. The fraction of sp³-hybridized carbons (Fsp3) is 0.524. The van der Waals surface area contributed by atoms with Gasteiger partial charge in [-0.05, 0) is 58.0 Å². The van der Waals surface area contributed by atoms with Crippen molar-refractivity contribution in [3.8, 4) is 5.75 Å². The number of aliphatic hydroxyl groups excluding tert-OH is 1. The Hall–Kier alpha value is -2.42. The van der Waals surface area contributed by atoms with Crippen LogP contribution in [-0.2, 0) is 11.3 Å². The van der Waals surface area contributed by atoms with E-state index in [2.05, 4.69) is 25.5 Å². The lowest BCUT2D eigenvalue weighted by atomic mass is 10.2.